The van der Waals surface area contributed by atoms with E-state index in [9.17, 15) is 8.42 Å². The number of hydrogen-bond donors (Lipinski definition) is 1. The number of likely N-dealkylation sites (N-methyl/N-ethyl adjacent to an activating group) is 1. The molecule has 0 aliphatic rings. The lowest BCUT2D eigenvalue weighted by atomic mass is 10.1. The zero-order chi connectivity index (χ0) is 18.2. The summed E-state index contributed by atoms with van der Waals surface area (Å²) in [4.78, 5) is 6.38. The van der Waals surface area contributed by atoms with Gasteiger partial charge in [-0.3, -0.25) is 0 Å². The molecule has 0 unspecified atom stereocenters. The fourth-order valence-electron chi connectivity index (χ4n) is 2.72. The summed E-state index contributed by atoms with van der Waals surface area (Å²) in [5.74, 6) is 0. The lowest BCUT2D eigenvalue weighted by molar-refractivity contribution is 0.413. The summed E-state index contributed by atoms with van der Waals surface area (Å²) in [6.45, 7) is 2.60. The molecular weight excluding hydrogens is 338 g/mol. The lowest BCUT2D eigenvalue weighted by Crippen LogP contribution is -2.14. The Hall–Kier alpha value is -2.29. The Labute approximate surface area is 147 Å². The fourth-order valence-corrected chi connectivity index (χ4v) is 3.58. The van der Waals surface area contributed by atoms with Crippen molar-refractivity contribution >= 4 is 15.7 Å². The van der Waals surface area contributed by atoms with Crippen LogP contribution in [0, 0.1) is 6.92 Å². The van der Waals surface area contributed by atoms with Gasteiger partial charge in [0.25, 0.3) is 0 Å². The lowest BCUT2D eigenvalue weighted by Gasteiger charge is -2.09. The third-order valence-electron chi connectivity index (χ3n) is 4.01. The van der Waals surface area contributed by atoms with Crippen LogP contribution in [0.25, 0.3) is 16.8 Å². The number of nitrogens with zero attached hydrogens (tertiary/aromatic N) is 4. The van der Waals surface area contributed by atoms with Crippen LogP contribution in [0.2, 0.25) is 0 Å². The van der Waals surface area contributed by atoms with Crippen LogP contribution in [0.4, 0.5) is 0 Å². The number of primary sulfonamides is 1. The quantitative estimate of drug-likeness (QED) is 0.744. The van der Waals surface area contributed by atoms with Gasteiger partial charge in [-0.15, -0.1) is 0 Å². The molecule has 8 heteroatoms. The molecule has 0 bridgehead atoms. The minimum Gasteiger partial charge on any atom is -0.309 e. The van der Waals surface area contributed by atoms with Crippen molar-refractivity contribution in [2.24, 2.45) is 5.14 Å². The number of nitrogens with two attached hydrogens (primary N) is 1. The van der Waals surface area contributed by atoms with E-state index < -0.39 is 10.0 Å². The van der Waals surface area contributed by atoms with Crippen LogP contribution in [0.3, 0.4) is 0 Å². The second-order valence-electron chi connectivity index (χ2n) is 6.32. The molecule has 0 spiro atoms. The van der Waals surface area contributed by atoms with Gasteiger partial charge in [-0.1, -0.05) is 24.3 Å². The third kappa shape index (κ3) is 3.71. The summed E-state index contributed by atoms with van der Waals surface area (Å²) in [5, 5.41) is 9.48. The van der Waals surface area contributed by atoms with Gasteiger partial charge >= 0.3 is 0 Å². The van der Waals surface area contributed by atoms with Crippen molar-refractivity contribution in [3.8, 4) is 11.1 Å². The fraction of sp³-hybridized carbons (Fsp3) is 0.294. The zero-order valence-corrected chi connectivity index (χ0v) is 15.3. The molecule has 0 aliphatic carbocycles. The standard InChI is InChI=1S/C17H21N5O2S/c1-12-16(25(18,23)24)17-19-10-15(11-22(17)20-12)14-6-4-13(5-7-14)8-9-21(2)3/h4-7,10-11H,8-9H2,1-3H3,(H2,18,23,24). The van der Waals surface area contributed by atoms with Crippen LogP contribution in [0.1, 0.15) is 11.3 Å². The predicted octanol–water partition coefficient (Wildman–Crippen LogP) is 1.46. The molecule has 0 saturated heterocycles. The van der Waals surface area contributed by atoms with E-state index >= 15 is 0 Å². The first-order chi connectivity index (χ1) is 11.8. The van der Waals surface area contributed by atoms with E-state index in [0.717, 1.165) is 24.1 Å². The summed E-state index contributed by atoms with van der Waals surface area (Å²) >= 11 is 0. The molecule has 1 aromatic carbocycles. The number of aromatic nitrogens is 3. The van der Waals surface area contributed by atoms with Crippen LogP contribution in [0.5, 0.6) is 0 Å². The smallest absolute Gasteiger partial charge is 0.243 e. The number of benzene rings is 1. The van der Waals surface area contributed by atoms with Crippen molar-refractivity contribution in [2.75, 3.05) is 20.6 Å². The van der Waals surface area contributed by atoms with Crippen LogP contribution in [0.15, 0.2) is 41.6 Å². The van der Waals surface area contributed by atoms with E-state index in [1.54, 1.807) is 19.3 Å². The van der Waals surface area contributed by atoms with Crippen LogP contribution in [-0.4, -0.2) is 48.6 Å². The summed E-state index contributed by atoms with van der Waals surface area (Å²) in [5.41, 5.74) is 3.69. The van der Waals surface area contributed by atoms with Gasteiger partial charge < -0.3 is 4.90 Å². The van der Waals surface area contributed by atoms with Crippen molar-refractivity contribution in [3.63, 3.8) is 0 Å². The molecule has 7 nitrogen and oxygen atoms in total. The molecule has 0 saturated carbocycles. The highest BCUT2D eigenvalue weighted by atomic mass is 32.2. The first-order valence-corrected chi connectivity index (χ1v) is 9.42. The molecule has 0 radical (unpaired) electrons. The number of hydrogen-bond acceptors (Lipinski definition) is 5. The monoisotopic (exact) mass is 359 g/mol. The maximum atomic E-state index is 11.7. The summed E-state index contributed by atoms with van der Waals surface area (Å²) in [6, 6.07) is 8.25. The highest BCUT2D eigenvalue weighted by molar-refractivity contribution is 7.89. The second-order valence-corrected chi connectivity index (χ2v) is 7.82. The van der Waals surface area contributed by atoms with E-state index in [1.807, 2.05) is 12.1 Å². The molecule has 2 heterocycles. The molecule has 3 aromatic rings. The highest BCUT2D eigenvalue weighted by Gasteiger charge is 2.21. The first kappa shape index (κ1) is 17.5. The minimum atomic E-state index is -3.86. The maximum absolute atomic E-state index is 11.7. The van der Waals surface area contributed by atoms with Crippen LogP contribution < -0.4 is 5.14 Å². The van der Waals surface area contributed by atoms with Gasteiger partial charge in [0.2, 0.25) is 10.0 Å². The molecule has 3 rings (SSSR count). The van der Waals surface area contributed by atoms with Crippen LogP contribution >= 0.6 is 0 Å². The third-order valence-corrected chi connectivity index (χ3v) is 5.06. The first-order valence-electron chi connectivity index (χ1n) is 7.87. The molecule has 25 heavy (non-hydrogen) atoms. The van der Waals surface area contributed by atoms with Crippen LogP contribution in [-0.2, 0) is 16.4 Å². The molecule has 2 N–H and O–H groups in total. The van der Waals surface area contributed by atoms with Gasteiger partial charge in [0.1, 0.15) is 4.90 Å². The zero-order valence-electron chi connectivity index (χ0n) is 14.5. The maximum Gasteiger partial charge on any atom is 0.243 e. The highest BCUT2D eigenvalue weighted by Crippen LogP contribution is 2.23. The van der Waals surface area contributed by atoms with Crippen molar-refractivity contribution < 1.29 is 8.42 Å². The average Bonchev–Trinajstić information content (AvgIpc) is 2.88. The number of aryl methyl sites for hydroxylation is 1. The summed E-state index contributed by atoms with van der Waals surface area (Å²) < 4.78 is 24.9. The van der Waals surface area contributed by atoms with Gasteiger partial charge in [0, 0.05) is 24.5 Å². The van der Waals surface area contributed by atoms with Gasteiger partial charge in [0.05, 0.1) is 5.69 Å². The Balaban J connectivity index is 1.95. The molecule has 0 aliphatic heterocycles. The minimum absolute atomic E-state index is 0.0296. The number of sulfonamides is 1. The Morgan fingerprint density at radius 1 is 1.16 bits per heavy atom. The Kier molecular flexibility index (Phi) is 4.59. The number of fused-ring (bicyclic) bond motifs is 1. The summed E-state index contributed by atoms with van der Waals surface area (Å²) in [6.07, 6.45) is 4.39. The van der Waals surface area contributed by atoms with E-state index in [4.69, 9.17) is 5.14 Å². The molecule has 132 valence electrons. The van der Waals surface area contributed by atoms with E-state index in [2.05, 4.69) is 41.2 Å². The van der Waals surface area contributed by atoms with E-state index in [1.165, 1.54) is 10.1 Å². The van der Waals surface area contributed by atoms with Crippen molar-refractivity contribution in [1.82, 2.24) is 19.5 Å². The Morgan fingerprint density at radius 3 is 2.44 bits per heavy atom. The average molecular weight is 359 g/mol. The van der Waals surface area contributed by atoms with E-state index in [-0.39, 0.29) is 10.5 Å². The largest absolute Gasteiger partial charge is 0.309 e. The molecule has 0 amide bonds. The topological polar surface area (TPSA) is 93.6 Å². The van der Waals surface area contributed by atoms with Gasteiger partial charge in [-0.2, -0.15) is 5.10 Å². The van der Waals surface area contributed by atoms with Gasteiger partial charge in [-0.05, 0) is 38.6 Å². The Morgan fingerprint density at radius 2 is 1.84 bits per heavy atom. The molecular formula is C17H21N5O2S. The predicted molar refractivity (Wildman–Crippen MR) is 96.8 cm³/mol. The molecule has 0 fully saturated rings. The van der Waals surface area contributed by atoms with Crippen molar-refractivity contribution in [2.45, 2.75) is 18.2 Å². The van der Waals surface area contributed by atoms with Crippen molar-refractivity contribution in [1.29, 1.82) is 0 Å². The Bertz CT molecular complexity index is 1010. The van der Waals surface area contributed by atoms with Crippen molar-refractivity contribution in [3.05, 3.63) is 47.9 Å². The normalized spacial score (nSPS) is 12.2. The SMILES string of the molecule is Cc1nn2cc(-c3ccc(CCN(C)C)cc3)cnc2c1S(N)(=O)=O. The van der Waals surface area contributed by atoms with Gasteiger partial charge in [-0.25, -0.2) is 23.1 Å². The second kappa shape index (κ2) is 6.55. The summed E-state index contributed by atoms with van der Waals surface area (Å²) in [7, 11) is 0.242. The van der Waals surface area contributed by atoms with E-state index in [0.29, 0.717) is 5.69 Å². The molecule has 0 atom stereocenters. The number of rotatable bonds is 5. The molecule has 2 aromatic heterocycles. The van der Waals surface area contributed by atoms with Gasteiger partial charge in [0.15, 0.2) is 5.65 Å².